The highest BCUT2D eigenvalue weighted by molar-refractivity contribution is 8.00. The lowest BCUT2D eigenvalue weighted by atomic mass is 9.83. The van der Waals surface area contributed by atoms with Crippen molar-refractivity contribution in [2.24, 2.45) is 5.73 Å². The van der Waals surface area contributed by atoms with E-state index in [0.717, 1.165) is 23.4 Å². The fourth-order valence-electron chi connectivity index (χ4n) is 4.22. The Bertz CT molecular complexity index is 991. The van der Waals surface area contributed by atoms with E-state index in [2.05, 4.69) is 24.5 Å². The summed E-state index contributed by atoms with van der Waals surface area (Å²) in [5.74, 6) is 1.11. The number of nitrogens with two attached hydrogens (primary N) is 1. The molecule has 0 saturated carbocycles. The largest absolute Gasteiger partial charge is 0.508 e. The normalized spacial score (nSPS) is 17.4. The molecule has 0 saturated heterocycles. The zero-order chi connectivity index (χ0) is 24.3. The molecule has 1 heterocycles. The van der Waals surface area contributed by atoms with Gasteiger partial charge >= 0.3 is 0 Å². The molecule has 5 nitrogen and oxygen atoms in total. The Balaban J connectivity index is 0.000000481. The third kappa shape index (κ3) is 6.54. The van der Waals surface area contributed by atoms with Gasteiger partial charge in [-0.3, -0.25) is 0 Å². The van der Waals surface area contributed by atoms with Crippen LogP contribution in [0.5, 0.6) is 11.5 Å². The molecule has 4 rings (SSSR count). The molecule has 0 aliphatic carbocycles. The van der Waals surface area contributed by atoms with Crippen LogP contribution in [0.2, 0.25) is 0 Å². The number of thioether (sulfide) groups is 1. The number of unbranched alkanes of at least 4 members (excludes halogenated alkanes) is 2. The number of aromatic hydroxyl groups is 1. The molecule has 34 heavy (non-hydrogen) atoms. The molecule has 3 aromatic rings. The van der Waals surface area contributed by atoms with Crippen molar-refractivity contribution >= 4 is 11.8 Å². The summed E-state index contributed by atoms with van der Waals surface area (Å²) >= 11 is 1.80. The summed E-state index contributed by atoms with van der Waals surface area (Å²) in [6.07, 6.45) is 3.75. The lowest BCUT2D eigenvalue weighted by molar-refractivity contribution is 0.112. The average molecular weight is 481 g/mol. The maximum Gasteiger partial charge on any atom is 0.119 e. The minimum absolute atomic E-state index is 0.0358. The first kappa shape index (κ1) is 26.1. The molecule has 3 atom stereocenters. The van der Waals surface area contributed by atoms with Gasteiger partial charge in [0, 0.05) is 16.1 Å². The van der Waals surface area contributed by atoms with Gasteiger partial charge in [-0.25, -0.2) is 0 Å². The highest BCUT2D eigenvalue weighted by Gasteiger charge is 2.40. The van der Waals surface area contributed by atoms with E-state index in [1.54, 1.807) is 23.9 Å². The van der Waals surface area contributed by atoms with E-state index < -0.39 is 0 Å². The van der Waals surface area contributed by atoms with Crippen molar-refractivity contribution in [3.63, 3.8) is 0 Å². The van der Waals surface area contributed by atoms with Crippen LogP contribution in [-0.2, 0) is 0 Å². The standard InChI is InChI=1S/C23H23NO3S.C5H13N/c1-2-27-18-13-9-15(10-14-18)22(24-26)21-19-5-3-4-6-20(19)28-23(21)16-7-11-17(25)12-8-16;1-2-3-4-5-6/h3-14,21-26H,2H2,1H3;2-6H2,1H3. The van der Waals surface area contributed by atoms with Gasteiger partial charge in [0.05, 0.1) is 12.6 Å². The molecule has 0 amide bonds. The Hall–Kier alpha value is -2.51. The van der Waals surface area contributed by atoms with E-state index in [1.165, 1.54) is 29.7 Å². The second-order valence-electron chi connectivity index (χ2n) is 8.30. The molecule has 5 N–H and O–H groups in total. The third-order valence-corrected chi connectivity index (χ3v) is 7.38. The van der Waals surface area contributed by atoms with Gasteiger partial charge < -0.3 is 20.8 Å². The lowest BCUT2D eigenvalue weighted by Gasteiger charge is -2.28. The number of hydrogen-bond donors (Lipinski definition) is 4. The van der Waals surface area contributed by atoms with E-state index in [1.807, 2.05) is 55.5 Å². The van der Waals surface area contributed by atoms with Gasteiger partial charge in [0.1, 0.15) is 11.5 Å². The number of fused-ring (bicyclic) bond motifs is 1. The molecule has 3 aromatic carbocycles. The van der Waals surface area contributed by atoms with E-state index in [9.17, 15) is 10.3 Å². The van der Waals surface area contributed by atoms with Crippen LogP contribution in [-0.4, -0.2) is 23.5 Å². The molecule has 1 aliphatic heterocycles. The summed E-state index contributed by atoms with van der Waals surface area (Å²) in [5.41, 5.74) is 11.1. The first-order valence-electron chi connectivity index (χ1n) is 12.0. The lowest BCUT2D eigenvalue weighted by Crippen LogP contribution is -2.26. The predicted octanol–water partition coefficient (Wildman–Crippen LogP) is 6.58. The van der Waals surface area contributed by atoms with Gasteiger partial charge in [-0.05, 0) is 66.9 Å². The number of hydroxylamine groups is 1. The van der Waals surface area contributed by atoms with Gasteiger partial charge in [0.15, 0.2) is 0 Å². The van der Waals surface area contributed by atoms with Crippen LogP contribution in [0.15, 0.2) is 77.7 Å². The average Bonchev–Trinajstić information content (AvgIpc) is 3.25. The van der Waals surface area contributed by atoms with Crippen LogP contribution in [0.4, 0.5) is 0 Å². The second kappa shape index (κ2) is 13.4. The molecule has 0 bridgehead atoms. The topological polar surface area (TPSA) is 87.7 Å². The van der Waals surface area contributed by atoms with Crippen molar-refractivity contribution in [1.82, 2.24) is 5.48 Å². The summed E-state index contributed by atoms with van der Waals surface area (Å²) in [4.78, 5) is 1.22. The minimum Gasteiger partial charge on any atom is -0.508 e. The quantitative estimate of drug-likeness (QED) is 0.204. The second-order valence-corrected chi connectivity index (χ2v) is 9.48. The zero-order valence-corrected chi connectivity index (χ0v) is 20.8. The van der Waals surface area contributed by atoms with E-state index in [0.29, 0.717) is 6.61 Å². The van der Waals surface area contributed by atoms with Gasteiger partial charge in [-0.1, -0.05) is 62.2 Å². The summed E-state index contributed by atoms with van der Waals surface area (Å²) in [5, 5.41) is 19.9. The van der Waals surface area contributed by atoms with Crippen molar-refractivity contribution < 1.29 is 15.1 Å². The van der Waals surface area contributed by atoms with Gasteiger partial charge in [-0.15, -0.1) is 11.8 Å². The molecule has 0 aromatic heterocycles. The zero-order valence-electron chi connectivity index (χ0n) is 20.0. The molecule has 0 radical (unpaired) electrons. The van der Waals surface area contributed by atoms with Crippen LogP contribution >= 0.6 is 11.8 Å². The van der Waals surface area contributed by atoms with Gasteiger partial charge in [0.25, 0.3) is 0 Å². The summed E-state index contributed by atoms with van der Waals surface area (Å²) < 4.78 is 5.55. The smallest absolute Gasteiger partial charge is 0.119 e. The Kier molecular flexibility index (Phi) is 10.3. The van der Waals surface area contributed by atoms with Crippen molar-refractivity contribution in [3.8, 4) is 11.5 Å². The number of nitrogens with one attached hydrogen (secondary N) is 1. The van der Waals surface area contributed by atoms with Gasteiger partial charge in [0.2, 0.25) is 0 Å². The molecule has 0 spiro atoms. The Morgan fingerprint density at radius 3 is 2.26 bits per heavy atom. The number of rotatable bonds is 9. The number of benzene rings is 3. The Morgan fingerprint density at radius 2 is 1.68 bits per heavy atom. The number of ether oxygens (including phenoxy) is 1. The van der Waals surface area contributed by atoms with Crippen molar-refractivity contribution in [2.75, 3.05) is 13.2 Å². The van der Waals surface area contributed by atoms with Crippen LogP contribution in [0.1, 0.15) is 67.0 Å². The maximum atomic E-state index is 10.1. The van der Waals surface area contributed by atoms with Gasteiger partial charge in [-0.2, -0.15) is 5.48 Å². The number of hydrogen-bond acceptors (Lipinski definition) is 6. The Labute approximate surface area is 207 Å². The molecule has 1 aliphatic rings. The Morgan fingerprint density at radius 1 is 0.971 bits per heavy atom. The molecule has 0 fully saturated rings. The van der Waals surface area contributed by atoms with Crippen molar-refractivity contribution in [3.05, 3.63) is 89.5 Å². The third-order valence-electron chi connectivity index (χ3n) is 5.94. The molecule has 182 valence electrons. The fourth-order valence-corrected chi connectivity index (χ4v) is 5.74. The number of phenolic OH excluding ortho intramolecular Hbond substituents is 1. The number of phenols is 1. The fraction of sp³-hybridized carbons (Fsp3) is 0.357. The summed E-state index contributed by atoms with van der Waals surface area (Å²) in [6.45, 7) is 5.61. The minimum atomic E-state index is -0.273. The molecule has 6 heteroatoms. The first-order valence-corrected chi connectivity index (χ1v) is 12.9. The maximum absolute atomic E-state index is 10.1. The van der Waals surface area contributed by atoms with E-state index in [-0.39, 0.29) is 23.0 Å². The highest BCUT2D eigenvalue weighted by atomic mass is 32.2. The first-order chi connectivity index (χ1) is 16.6. The van der Waals surface area contributed by atoms with E-state index in [4.69, 9.17) is 10.5 Å². The SMILES string of the molecule is CCCCCN.CCOc1ccc(C(NO)C2c3ccccc3SC2c2ccc(O)cc2)cc1. The summed E-state index contributed by atoms with van der Waals surface area (Å²) in [7, 11) is 0. The van der Waals surface area contributed by atoms with Crippen LogP contribution in [0.25, 0.3) is 0 Å². The highest BCUT2D eigenvalue weighted by Crippen LogP contribution is 2.58. The van der Waals surface area contributed by atoms with Crippen molar-refractivity contribution in [2.45, 2.75) is 55.2 Å². The van der Waals surface area contributed by atoms with E-state index >= 15 is 0 Å². The van der Waals surface area contributed by atoms with Crippen molar-refractivity contribution in [1.29, 1.82) is 0 Å². The molecular formula is C28H36N2O3S. The van der Waals surface area contributed by atoms with Crippen LogP contribution < -0.4 is 16.0 Å². The molecule has 3 unspecified atom stereocenters. The molecular weight excluding hydrogens is 444 g/mol. The van der Waals surface area contributed by atoms with Crippen LogP contribution in [0.3, 0.4) is 0 Å². The monoisotopic (exact) mass is 480 g/mol. The predicted molar refractivity (Wildman–Crippen MR) is 140 cm³/mol. The van der Waals surface area contributed by atoms with Crippen LogP contribution in [0, 0.1) is 0 Å². The summed E-state index contributed by atoms with van der Waals surface area (Å²) in [6, 6.07) is 23.3.